The second kappa shape index (κ2) is 4.04. The van der Waals surface area contributed by atoms with Crippen molar-refractivity contribution in [1.29, 1.82) is 0 Å². The number of phenols is 1. The molecule has 0 amide bonds. The molecule has 0 aliphatic rings. The first-order chi connectivity index (χ1) is 7.64. The maximum atomic E-state index is 12.1. The summed E-state index contributed by atoms with van der Waals surface area (Å²) < 4.78 is 36.4. The zero-order valence-electron chi connectivity index (χ0n) is 8.41. The molecule has 1 N–H and O–H groups in total. The summed E-state index contributed by atoms with van der Waals surface area (Å²) in [4.78, 5) is 20.3. The van der Waals surface area contributed by atoms with Gasteiger partial charge in [0.05, 0.1) is 10.5 Å². The first kappa shape index (κ1) is 12.9. The van der Waals surface area contributed by atoms with Crippen LogP contribution in [0.2, 0.25) is 0 Å². The van der Waals surface area contributed by atoms with Gasteiger partial charge >= 0.3 is 11.9 Å². The lowest BCUT2D eigenvalue weighted by Gasteiger charge is -2.08. The Bertz CT molecular complexity index is 496. The van der Waals surface area contributed by atoms with E-state index in [1.807, 2.05) is 0 Å². The Balaban J connectivity index is 3.45. The van der Waals surface area contributed by atoms with Crippen LogP contribution >= 0.6 is 0 Å². The minimum Gasteiger partial charge on any atom is -0.502 e. The monoisotopic (exact) mass is 249 g/mol. The van der Waals surface area contributed by atoms with Crippen LogP contribution in [0.3, 0.4) is 0 Å². The number of nitro groups is 1. The zero-order valence-corrected chi connectivity index (χ0v) is 8.41. The van der Waals surface area contributed by atoms with Gasteiger partial charge in [-0.15, -0.1) is 0 Å². The van der Waals surface area contributed by atoms with Gasteiger partial charge in [0.25, 0.3) is 5.78 Å². The second-order valence-electron chi connectivity index (χ2n) is 3.26. The Hall–Kier alpha value is -2.12. The van der Waals surface area contributed by atoms with E-state index in [-0.39, 0.29) is 5.56 Å². The van der Waals surface area contributed by atoms with Crippen LogP contribution < -0.4 is 0 Å². The molecule has 0 unspecified atom stereocenters. The molecule has 17 heavy (non-hydrogen) atoms. The fraction of sp³-hybridized carbons (Fsp3) is 0.222. The molecule has 1 aromatic rings. The van der Waals surface area contributed by atoms with Gasteiger partial charge in [-0.1, -0.05) is 0 Å². The number of alkyl halides is 3. The van der Waals surface area contributed by atoms with Crippen molar-refractivity contribution in [3.05, 3.63) is 33.4 Å². The summed E-state index contributed by atoms with van der Waals surface area (Å²) in [6.07, 6.45) is -5.20. The Kier molecular flexibility index (Phi) is 3.08. The Morgan fingerprint density at radius 1 is 1.41 bits per heavy atom. The highest BCUT2D eigenvalue weighted by atomic mass is 19.4. The number of carbonyl (C=O) groups excluding carboxylic acids is 1. The average Bonchev–Trinajstić information content (AvgIpc) is 2.18. The molecule has 0 saturated carbocycles. The number of hydrogen-bond acceptors (Lipinski definition) is 4. The molecule has 5 nitrogen and oxygen atoms in total. The molecule has 0 heterocycles. The fourth-order valence-electron chi connectivity index (χ4n) is 1.22. The number of aryl methyl sites for hydroxylation is 1. The van der Waals surface area contributed by atoms with E-state index in [4.69, 9.17) is 0 Å². The topological polar surface area (TPSA) is 80.4 Å². The van der Waals surface area contributed by atoms with Crippen LogP contribution in [0.4, 0.5) is 18.9 Å². The molecule has 0 radical (unpaired) electrons. The molecule has 1 aromatic carbocycles. The van der Waals surface area contributed by atoms with Gasteiger partial charge in [0.2, 0.25) is 5.75 Å². The van der Waals surface area contributed by atoms with Crippen molar-refractivity contribution in [2.24, 2.45) is 0 Å². The van der Waals surface area contributed by atoms with E-state index in [9.17, 15) is 33.2 Å². The number of ketones is 1. The van der Waals surface area contributed by atoms with E-state index >= 15 is 0 Å². The predicted octanol–water partition coefficient (Wildman–Crippen LogP) is 2.35. The van der Waals surface area contributed by atoms with E-state index < -0.39 is 33.9 Å². The maximum absolute atomic E-state index is 12.1. The van der Waals surface area contributed by atoms with Crippen LogP contribution in [0.15, 0.2) is 12.1 Å². The van der Waals surface area contributed by atoms with Crippen LogP contribution in [0.1, 0.15) is 15.9 Å². The predicted molar refractivity (Wildman–Crippen MR) is 49.9 cm³/mol. The number of Topliss-reactive ketones (excluding diaryl/α,β-unsaturated/α-hetero) is 1. The van der Waals surface area contributed by atoms with E-state index in [0.29, 0.717) is 0 Å². The third kappa shape index (κ3) is 2.52. The van der Waals surface area contributed by atoms with E-state index in [1.54, 1.807) is 0 Å². The maximum Gasteiger partial charge on any atom is 0.455 e. The lowest BCUT2D eigenvalue weighted by molar-refractivity contribution is -0.385. The number of phenolic OH excluding ortho intramolecular Hbond substituents is 1. The molecule has 0 aliphatic heterocycles. The summed E-state index contributed by atoms with van der Waals surface area (Å²) in [6.45, 7) is 1.28. The van der Waals surface area contributed by atoms with Crippen molar-refractivity contribution in [2.75, 3.05) is 0 Å². The summed E-state index contributed by atoms with van der Waals surface area (Å²) in [7, 11) is 0. The smallest absolute Gasteiger partial charge is 0.455 e. The molecule has 0 spiro atoms. The largest absolute Gasteiger partial charge is 0.502 e. The van der Waals surface area contributed by atoms with Gasteiger partial charge in [-0.2, -0.15) is 13.2 Å². The molecule has 0 aliphatic carbocycles. The first-order valence-electron chi connectivity index (χ1n) is 4.24. The van der Waals surface area contributed by atoms with E-state index in [1.165, 1.54) is 6.92 Å². The molecular formula is C9H6F3NO4. The third-order valence-corrected chi connectivity index (χ3v) is 1.93. The summed E-state index contributed by atoms with van der Waals surface area (Å²) in [6, 6.07) is 1.63. The van der Waals surface area contributed by atoms with Crippen molar-refractivity contribution in [3.8, 4) is 5.75 Å². The summed E-state index contributed by atoms with van der Waals surface area (Å²) >= 11 is 0. The molecular weight excluding hydrogens is 243 g/mol. The number of benzene rings is 1. The van der Waals surface area contributed by atoms with E-state index in [2.05, 4.69) is 0 Å². The number of rotatable bonds is 2. The Labute approximate surface area is 92.6 Å². The quantitative estimate of drug-likeness (QED) is 0.495. The standard InChI is InChI=1S/C9H6F3NO4/c1-4-2-5(8(15)9(10,11)12)7(14)6(3-4)13(16)17/h2-3,14H,1H3. The highest BCUT2D eigenvalue weighted by Crippen LogP contribution is 2.34. The number of carbonyl (C=O) groups is 1. The Morgan fingerprint density at radius 2 is 1.94 bits per heavy atom. The van der Waals surface area contributed by atoms with Gasteiger partial charge < -0.3 is 5.11 Å². The summed E-state index contributed by atoms with van der Waals surface area (Å²) in [5.74, 6) is -3.59. The molecule has 92 valence electrons. The first-order valence-corrected chi connectivity index (χ1v) is 4.24. The highest BCUT2D eigenvalue weighted by molar-refractivity contribution is 6.03. The van der Waals surface area contributed by atoms with Gasteiger partial charge in [0, 0.05) is 6.07 Å². The summed E-state index contributed by atoms with van der Waals surface area (Å²) in [5.41, 5.74) is -1.98. The lowest BCUT2D eigenvalue weighted by atomic mass is 10.0. The number of nitro benzene ring substituents is 1. The van der Waals surface area contributed by atoms with Crippen LogP contribution in [0, 0.1) is 17.0 Å². The van der Waals surface area contributed by atoms with Crippen molar-refractivity contribution in [3.63, 3.8) is 0 Å². The number of halogens is 3. The number of nitrogens with zero attached hydrogens (tertiary/aromatic N) is 1. The molecule has 0 atom stereocenters. The molecule has 0 saturated heterocycles. The number of aromatic hydroxyl groups is 1. The third-order valence-electron chi connectivity index (χ3n) is 1.93. The van der Waals surface area contributed by atoms with Gasteiger partial charge in [-0.05, 0) is 18.6 Å². The van der Waals surface area contributed by atoms with Gasteiger partial charge in [-0.25, -0.2) is 0 Å². The van der Waals surface area contributed by atoms with Crippen LogP contribution in [0.5, 0.6) is 5.75 Å². The van der Waals surface area contributed by atoms with Crippen molar-refractivity contribution >= 4 is 11.5 Å². The van der Waals surface area contributed by atoms with Gasteiger partial charge in [-0.3, -0.25) is 14.9 Å². The molecule has 8 heteroatoms. The van der Waals surface area contributed by atoms with Crippen LogP contribution in [-0.2, 0) is 0 Å². The van der Waals surface area contributed by atoms with Gasteiger partial charge in [0.1, 0.15) is 0 Å². The van der Waals surface area contributed by atoms with Crippen molar-refractivity contribution in [1.82, 2.24) is 0 Å². The minimum atomic E-state index is -5.20. The van der Waals surface area contributed by atoms with Crippen molar-refractivity contribution in [2.45, 2.75) is 13.1 Å². The fourth-order valence-corrected chi connectivity index (χ4v) is 1.22. The number of hydrogen-bond donors (Lipinski definition) is 1. The van der Waals surface area contributed by atoms with Gasteiger partial charge in [0.15, 0.2) is 0 Å². The Morgan fingerprint density at radius 3 is 2.35 bits per heavy atom. The van der Waals surface area contributed by atoms with Crippen LogP contribution in [-0.4, -0.2) is 22.0 Å². The second-order valence-corrected chi connectivity index (χ2v) is 3.26. The molecule has 1 rings (SSSR count). The molecule has 0 aromatic heterocycles. The zero-order chi connectivity index (χ0) is 13.4. The minimum absolute atomic E-state index is 0.0714. The van der Waals surface area contributed by atoms with Crippen LogP contribution in [0.25, 0.3) is 0 Å². The molecule has 0 fully saturated rings. The average molecular weight is 249 g/mol. The van der Waals surface area contributed by atoms with E-state index in [0.717, 1.165) is 12.1 Å². The summed E-state index contributed by atoms with van der Waals surface area (Å²) in [5, 5.41) is 19.7. The normalized spacial score (nSPS) is 11.3. The van der Waals surface area contributed by atoms with Crippen molar-refractivity contribution < 1.29 is 28.0 Å². The SMILES string of the molecule is Cc1cc(C(=O)C(F)(F)F)c(O)c([N+](=O)[O-])c1. The highest BCUT2D eigenvalue weighted by Gasteiger charge is 2.42. The molecule has 0 bridgehead atoms. The lowest BCUT2D eigenvalue weighted by Crippen LogP contribution is -2.23.